The summed E-state index contributed by atoms with van der Waals surface area (Å²) in [6.07, 6.45) is 86.8. The van der Waals surface area contributed by atoms with Crippen LogP contribution in [0.2, 0.25) is 0 Å². The van der Waals surface area contributed by atoms with Gasteiger partial charge < -0.3 is 14.2 Å². The van der Waals surface area contributed by atoms with E-state index in [2.05, 4.69) is 32.9 Å². The maximum Gasteiger partial charge on any atom is 0.306 e. The van der Waals surface area contributed by atoms with E-state index in [9.17, 15) is 14.4 Å². The molecule has 0 amide bonds. The third kappa shape index (κ3) is 68.9. The van der Waals surface area contributed by atoms with Crippen molar-refractivity contribution in [2.75, 3.05) is 13.2 Å². The lowest BCUT2D eigenvalue weighted by Crippen LogP contribution is -2.30. The van der Waals surface area contributed by atoms with Gasteiger partial charge in [-0.3, -0.25) is 14.4 Å². The molecule has 0 aliphatic heterocycles. The molecule has 0 aromatic carbocycles. The van der Waals surface area contributed by atoms with Gasteiger partial charge >= 0.3 is 17.9 Å². The second-order valence-corrected chi connectivity index (χ2v) is 25.9. The summed E-state index contributed by atoms with van der Waals surface area (Å²) in [6, 6.07) is 0. The summed E-state index contributed by atoms with van der Waals surface area (Å²) in [5, 5.41) is 0. The zero-order chi connectivity index (χ0) is 59.2. The van der Waals surface area contributed by atoms with Crippen molar-refractivity contribution in [1.29, 1.82) is 0 Å². The molecule has 0 rings (SSSR count). The first-order chi connectivity index (χ1) is 40.5. The lowest BCUT2D eigenvalue weighted by atomic mass is 10.0. The van der Waals surface area contributed by atoms with Gasteiger partial charge in [-0.05, 0) is 44.9 Å². The molecule has 0 heterocycles. The van der Waals surface area contributed by atoms with Crippen LogP contribution in [0.1, 0.15) is 438 Å². The Morgan fingerprint density at radius 3 is 0.610 bits per heavy atom. The average Bonchev–Trinajstić information content (AvgIpc) is 3.47. The Labute approximate surface area is 513 Å². The number of ether oxygens (including phenoxy) is 3. The van der Waals surface area contributed by atoms with Gasteiger partial charge in [0.25, 0.3) is 0 Å². The van der Waals surface area contributed by atoms with E-state index in [1.165, 1.54) is 340 Å². The van der Waals surface area contributed by atoms with Gasteiger partial charge in [0, 0.05) is 19.3 Å². The molecular formula is C76H146O6. The van der Waals surface area contributed by atoms with Crippen LogP contribution < -0.4 is 0 Å². The van der Waals surface area contributed by atoms with Crippen molar-refractivity contribution in [3.05, 3.63) is 12.2 Å². The lowest BCUT2D eigenvalue weighted by Gasteiger charge is -2.18. The first-order valence-electron chi connectivity index (χ1n) is 37.7. The van der Waals surface area contributed by atoms with Crippen molar-refractivity contribution >= 4 is 17.9 Å². The highest BCUT2D eigenvalue weighted by atomic mass is 16.6. The molecule has 0 aromatic heterocycles. The minimum absolute atomic E-state index is 0.0627. The molecule has 1 atom stereocenters. The molecule has 0 saturated carbocycles. The van der Waals surface area contributed by atoms with E-state index in [1.807, 2.05) is 0 Å². The molecule has 0 aliphatic carbocycles. The average molecular weight is 1160 g/mol. The maximum absolute atomic E-state index is 13.0. The Balaban J connectivity index is 4.24. The predicted molar refractivity (Wildman–Crippen MR) is 358 cm³/mol. The third-order valence-electron chi connectivity index (χ3n) is 17.5. The van der Waals surface area contributed by atoms with Crippen molar-refractivity contribution in [3.8, 4) is 0 Å². The van der Waals surface area contributed by atoms with Crippen molar-refractivity contribution in [1.82, 2.24) is 0 Å². The van der Waals surface area contributed by atoms with Gasteiger partial charge in [0.1, 0.15) is 13.2 Å². The highest BCUT2D eigenvalue weighted by Gasteiger charge is 2.20. The molecule has 0 aliphatic rings. The normalized spacial score (nSPS) is 12.0. The molecule has 82 heavy (non-hydrogen) atoms. The summed E-state index contributed by atoms with van der Waals surface area (Å²) in [6.45, 7) is 6.75. The van der Waals surface area contributed by atoms with E-state index in [4.69, 9.17) is 14.2 Å². The van der Waals surface area contributed by atoms with Crippen molar-refractivity contribution in [3.63, 3.8) is 0 Å². The quantitative estimate of drug-likeness (QED) is 0.0261. The summed E-state index contributed by atoms with van der Waals surface area (Å²) in [4.78, 5) is 38.5. The number of allylic oxidation sites excluding steroid dienone is 2. The number of carbonyl (C=O) groups excluding carboxylic acids is 3. The molecule has 0 fully saturated rings. The minimum atomic E-state index is -0.767. The minimum Gasteiger partial charge on any atom is -0.462 e. The maximum atomic E-state index is 13.0. The van der Waals surface area contributed by atoms with Crippen LogP contribution in [0.3, 0.4) is 0 Å². The van der Waals surface area contributed by atoms with E-state index in [-0.39, 0.29) is 31.1 Å². The van der Waals surface area contributed by atoms with Crippen molar-refractivity contribution in [2.24, 2.45) is 0 Å². The number of hydrogen-bond acceptors (Lipinski definition) is 6. The van der Waals surface area contributed by atoms with Gasteiger partial charge in [0.05, 0.1) is 0 Å². The van der Waals surface area contributed by atoms with E-state index in [0.29, 0.717) is 19.3 Å². The smallest absolute Gasteiger partial charge is 0.306 e. The van der Waals surface area contributed by atoms with Crippen LogP contribution in [0.4, 0.5) is 0 Å². The van der Waals surface area contributed by atoms with Crippen LogP contribution >= 0.6 is 0 Å². The fraction of sp³-hybridized carbons (Fsp3) is 0.934. The molecule has 6 nitrogen and oxygen atoms in total. The van der Waals surface area contributed by atoms with Crippen LogP contribution in [0.5, 0.6) is 0 Å². The SMILES string of the molecule is CCCCCCCCCC/C=C\CCCCCCCCCCCCCC(=O)OC(COC(=O)CCCCCCCCCCCCCCCCCC)COC(=O)CCCCCCCCCCCCCCCCCCCCCCCCCCC. The van der Waals surface area contributed by atoms with Crippen LogP contribution in [-0.2, 0) is 28.6 Å². The zero-order valence-electron chi connectivity index (χ0n) is 56.1. The van der Waals surface area contributed by atoms with Crippen molar-refractivity contribution in [2.45, 2.75) is 444 Å². The Morgan fingerprint density at radius 2 is 0.402 bits per heavy atom. The fourth-order valence-corrected chi connectivity index (χ4v) is 11.9. The molecule has 1 unspecified atom stereocenters. The third-order valence-corrected chi connectivity index (χ3v) is 17.5. The number of hydrogen-bond donors (Lipinski definition) is 0. The number of esters is 3. The monoisotopic (exact) mass is 1160 g/mol. The van der Waals surface area contributed by atoms with Gasteiger partial charge in [-0.15, -0.1) is 0 Å². The van der Waals surface area contributed by atoms with Crippen LogP contribution in [0.25, 0.3) is 0 Å². The highest BCUT2D eigenvalue weighted by Crippen LogP contribution is 2.20. The molecule has 0 saturated heterocycles. The van der Waals surface area contributed by atoms with E-state index < -0.39 is 6.10 Å². The topological polar surface area (TPSA) is 78.9 Å². The molecule has 0 aromatic rings. The van der Waals surface area contributed by atoms with E-state index >= 15 is 0 Å². The zero-order valence-corrected chi connectivity index (χ0v) is 56.1. The van der Waals surface area contributed by atoms with Gasteiger partial charge in [-0.1, -0.05) is 386 Å². The van der Waals surface area contributed by atoms with Gasteiger partial charge in [-0.2, -0.15) is 0 Å². The second-order valence-electron chi connectivity index (χ2n) is 25.9. The summed E-state index contributed by atoms with van der Waals surface area (Å²) in [7, 11) is 0. The standard InChI is InChI=1S/C76H146O6/c1-4-7-10-13-16-19-22-25-28-31-33-35-37-38-40-41-43-45-48-51-54-57-60-63-66-69-75(78)81-72-73(71-80-74(77)68-65-62-59-56-53-50-47-30-27-24-21-18-15-12-9-6-3)82-76(79)70-67-64-61-58-55-52-49-46-44-42-39-36-34-32-29-26-23-20-17-14-11-8-5-2/h32,34,73H,4-31,33,35-72H2,1-3H3/b34-32-. The van der Waals surface area contributed by atoms with Crippen molar-refractivity contribution < 1.29 is 28.6 Å². The van der Waals surface area contributed by atoms with E-state index in [0.717, 1.165) is 57.8 Å². The predicted octanol–water partition coefficient (Wildman–Crippen LogP) is 26.0. The largest absolute Gasteiger partial charge is 0.462 e. The number of rotatable bonds is 71. The molecule has 0 N–H and O–H groups in total. The number of unbranched alkanes of at least 4 members (excludes halogenated alkanes) is 58. The molecule has 0 spiro atoms. The van der Waals surface area contributed by atoms with Gasteiger partial charge in [-0.25, -0.2) is 0 Å². The highest BCUT2D eigenvalue weighted by molar-refractivity contribution is 5.71. The van der Waals surface area contributed by atoms with Crippen LogP contribution in [-0.4, -0.2) is 37.2 Å². The molecule has 486 valence electrons. The lowest BCUT2D eigenvalue weighted by molar-refractivity contribution is -0.167. The van der Waals surface area contributed by atoms with Crippen LogP contribution in [0, 0.1) is 0 Å². The molecule has 0 radical (unpaired) electrons. The first kappa shape index (κ1) is 80.2. The second kappa shape index (κ2) is 71.6. The first-order valence-corrected chi connectivity index (χ1v) is 37.7. The molecule has 0 bridgehead atoms. The summed E-state index contributed by atoms with van der Waals surface area (Å²) < 4.78 is 17.1. The Bertz CT molecular complexity index is 1280. The van der Waals surface area contributed by atoms with Gasteiger partial charge in [0.2, 0.25) is 0 Å². The Kier molecular flexibility index (Phi) is 70.0. The molecular weight excluding hydrogens is 1010 g/mol. The van der Waals surface area contributed by atoms with E-state index in [1.54, 1.807) is 0 Å². The Hall–Kier alpha value is -1.85. The summed E-state index contributed by atoms with van der Waals surface area (Å²) in [5.41, 5.74) is 0. The van der Waals surface area contributed by atoms with Gasteiger partial charge in [0.15, 0.2) is 6.10 Å². The Morgan fingerprint density at radius 1 is 0.232 bits per heavy atom. The van der Waals surface area contributed by atoms with Crippen LogP contribution in [0.15, 0.2) is 12.2 Å². The number of carbonyl (C=O) groups is 3. The summed E-state index contributed by atoms with van der Waals surface area (Å²) in [5.74, 6) is -0.823. The fourth-order valence-electron chi connectivity index (χ4n) is 11.9. The summed E-state index contributed by atoms with van der Waals surface area (Å²) >= 11 is 0. The molecule has 6 heteroatoms.